The molecule has 0 bridgehead atoms. The molecule has 0 unspecified atom stereocenters. The predicted molar refractivity (Wildman–Crippen MR) is 83.0 cm³/mol. The van der Waals surface area contributed by atoms with E-state index in [2.05, 4.69) is 22.8 Å². The molecule has 1 aromatic rings. The van der Waals surface area contributed by atoms with Crippen LogP contribution in [0.2, 0.25) is 0 Å². The molecule has 0 radical (unpaired) electrons. The molecule has 0 aromatic heterocycles. The first-order chi connectivity index (χ1) is 10.3. The van der Waals surface area contributed by atoms with Gasteiger partial charge in [-0.15, -0.1) is 0 Å². The average molecular weight is 280 g/mol. The van der Waals surface area contributed by atoms with Gasteiger partial charge in [-0.25, -0.2) is 0 Å². The zero-order valence-corrected chi connectivity index (χ0v) is 12.4. The highest BCUT2D eigenvalue weighted by atomic mass is 15.3. The van der Waals surface area contributed by atoms with Gasteiger partial charge in [0.1, 0.15) is 17.7 Å². The molecule has 21 heavy (non-hydrogen) atoms. The summed E-state index contributed by atoms with van der Waals surface area (Å²) in [5, 5.41) is 17.8. The first kappa shape index (κ1) is 15.3. The summed E-state index contributed by atoms with van der Waals surface area (Å²) in [6.45, 7) is 8.52. The van der Waals surface area contributed by atoms with Crippen molar-refractivity contribution in [2.75, 3.05) is 32.7 Å². The van der Waals surface area contributed by atoms with Crippen LogP contribution in [0, 0.1) is 22.7 Å². The Morgan fingerprint density at radius 1 is 1.10 bits per heavy atom. The second kappa shape index (κ2) is 7.59. The van der Waals surface area contributed by atoms with Gasteiger partial charge in [-0.1, -0.05) is 31.2 Å². The molecule has 2 rings (SSSR count). The minimum Gasteiger partial charge on any atom is -0.301 e. The van der Waals surface area contributed by atoms with E-state index in [1.165, 1.54) is 5.56 Å². The number of nitrogens with zero attached hydrogens (tertiary/aromatic N) is 4. The molecular weight excluding hydrogens is 260 g/mol. The summed E-state index contributed by atoms with van der Waals surface area (Å²) < 4.78 is 0. The van der Waals surface area contributed by atoms with Crippen LogP contribution in [0.25, 0.3) is 6.08 Å². The number of rotatable bonds is 4. The first-order valence-corrected chi connectivity index (χ1v) is 7.31. The quantitative estimate of drug-likeness (QED) is 0.794. The summed E-state index contributed by atoms with van der Waals surface area (Å²) >= 11 is 0. The third-order valence-electron chi connectivity index (χ3n) is 3.90. The van der Waals surface area contributed by atoms with E-state index in [1.54, 1.807) is 6.08 Å². The Balaban J connectivity index is 2.10. The molecular formula is C17H20N4. The molecule has 0 saturated carbocycles. The molecule has 4 heteroatoms. The molecule has 1 saturated heterocycles. The van der Waals surface area contributed by atoms with E-state index in [4.69, 9.17) is 10.5 Å². The molecule has 0 aliphatic carbocycles. The van der Waals surface area contributed by atoms with Gasteiger partial charge in [-0.3, -0.25) is 4.90 Å². The Labute approximate surface area is 126 Å². The van der Waals surface area contributed by atoms with E-state index in [0.717, 1.165) is 44.8 Å². The Morgan fingerprint density at radius 2 is 1.71 bits per heavy atom. The van der Waals surface area contributed by atoms with Crippen molar-refractivity contribution >= 4 is 6.08 Å². The smallest absolute Gasteiger partial charge is 0.130 e. The number of nitriles is 2. The molecule has 1 aromatic carbocycles. The van der Waals surface area contributed by atoms with Gasteiger partial charge in [-0.05, 0) is 23.7 Å². The van der Waals surface area contributed by atoms with Crippen LogP contribution in [0.15, 0.2) is 29.8 Å². The molecule has 0 spiro atoms. The van der Waals surface area contributed by atoms with E-state index in [-0.39, 0.29) is 5.57 Å². The lowest BCUT2D eigenvalue weighted by Gasteiger charge is -2.34. The van der Waals surface area contributed by atoms with Crippen LogP contribution in [-0.4, -0.2) is 42.5 Å². The largest absolute Gasteiger partial charge is 0.301 e. The molecule has 4 nitrogen and oxygen atoms in total. The minimum absolute atomic E-state index is 0.151. The third kappa shape index (κ3) is 4.16. The fourth-order valence-electron chi connectivity index (χ4n) is 2.57. The Morgan fingerprint density at radius 3 is 2.33 bits per heavy atom. The van der Waals surface area contributed by atoms with E-state index < -0.39 is 0 Å². The lowest BCUT2D eigenvalue weighted by Crippen LogP contribution is -2.45. The van der Waals surface area contributed by atoms with Crippen molar-refractivity contribution in [2.45, 2.75) is 13.5 Å². The number of piperazine rings is 1. The number of allylic oxidation sites excluding steroid dienone is 1. The number of likely N-dealkylation sites (N-methyl/N-ethyl adjacent to an activating group) is 1. The van der Waals surface area contributed by atoms with Crippen molar-refractivity contribution < 1.29 is 0 Å². The maximum atomic E-state index is 8.90. The lowest BCUT2D eigenvalue weighted by molar-refractivity contribution is 0.132. The van der Waals surface area contributed by atoms with Crippen molar-refractivity contribution in [3.63, 3.8) is 0 Å². The maximum Gasteiger partial charge on any atom is 0.130 e. The SMILES string of the molecule is CCN1CCN(Cc2ccccc2C=C(C#N)C#N)CC1. The fraction of sp³-hybridized carbons (Fsp3) is 0.412. The van der Waals surface area contributed by atoms with E-state index in [9.17, 15) is 0 Å². The average Bonchev–Trinajstić information content (AvgIpc) is 2.54. The van der Waals surface area contributed by atoms with Gasteiger partial charge in [0, 0.05) is 32.7 Å². The maximum absolute atomic E-state index is 8.90. The van der Waals surface area contributed by atoms with Crippen LogP contribution in [0.3, 0.4) is 0 Å². The number of hydrogen-bond donors (Lipinski definition) is 0. The van der Waals surface area contributed by atoms with Gasteiger partial charge in [0.25, 0.3) is 0 Å². The third-order valence-corrected chi connectivity index (χ3v) is 3.90. The number of hydrogen-bond acceptors (Lipinski definition) is 4. The monoisotopic (exact) mass is 280 g/mol. The molecule has 1 heterocycles. The second-order valence-corrected chi connectivity index (χ2v) is 5.19. The van der Waals surface area contributed by atoms with Crippen LogP contribution in [-0.2, 0) is 6.54 Å². The highest BCUT2D eigenvalue weighted by molar-refractivity contribution is 5.64. The molecule has 108 valence electrons. The fourth-order valence-corrected chi connectivity index (χ4v) is 2.57. The second-order valence-electron chi connectivity index (χ2n) is 5.19. The van der Waals surface area contributed by atoms with Crippen molar-refractivity contribution in [1.82, 2.24) is 9.80 Å². The lowest BCUT2D eigenvalue weighted by atomic mass is 10.0. The van der Waals surface area contributed by atoms with Crippen molar-refractivity contribution in [3.05, 3.63) is 41.0 Å². The van der Waals surface area contributed by atoms with Crippen LogP contribution >= 0.6 is 0 Å². The minimum atomic E-state index is 0.151. The van der Waals surface area contributed by atoms with Gasteiger partial charge in [-0.2, -0.15) is 10.5 Å². The van der Waals surface area contributed by atoms with E-state index in [1.807, 2.05) is 30.3 Å². The molecule has 1 aliphatic heterocycles. The van der Waals surface area contributed by atoms with Gasteiger partial charge in [0.2, 0.25) is 0 Å². The Hall–Kier alpha value is -2.14. The van der Waals surface area contributed by atoms with Gasteiger partial charge in [0.05, 0.1) is 0 Å². The molecule has 0 N–H and O–H groups in total. The highest BCUT2D eigenvalue weighted by Gasteiger charge is 2.16. The zero-order valence-electron chi connectivity index (χ0n) is 12.4. The summed E-state index contributed by atoms with van der Waals surface area (Å²) in [7, 11) is 0. The molecule has 0 amide bonds. The highest BCUT2D eigenvalue weighted by Crippen LogP contribution is 2.16. The van der Waals surface area contributed by atoms with Gasteiger partial charge in [0.15, 0.2) is 0 Å². The topological polar surface area (TPSA) is 54.1 Å². The zero-order chi connectivity index (χ0) is 15.1. The number of benzene rings is 1. The van der Waals surface area contributed by atoms with Crippen LogP contribution in [0.1, 0.15) is 18.1 Å². The van der Waals surface area contributed by atoms with Crippen LogP contribution in [0.5, 0.6) is 0 Å². The molecule has 1 aliphatic rings. The first-order valence-electron chi connectivity index (χ1n) is 7.31. The summed E-state index contributed by atoms with van der Waals surface area (Å²) in [6.07, 6.45) is 1.68. The Bertz CT molecular complexity index is 568. The van der Waals surface area contributed by atoms with E-state index in [0.29, 0.717) is 0 Å². The summed E-state index contributed by atoms with van der Waals surface area (Å²) in [5.41, 5.74) is 2.29. The predicted octanol–water partition coefficient (Wildman–Crippen LogP) is 2.25. The normalized spacial score (nSPS) is 16.0. The van der Waals surface area contributed by atoms with Crippen molar-refractivity contribution in [1.29, 1.82) is 10.5 Å². The van der Waals surface area contributed by atoms with Gasteiger partial charge >= 0.3 is 0 Å². The van der Waals surface area contributed by atoms with Crippen LogP contribution < -0.4 is 0 Å². The van der Waals surface area contributed by atoms with Crippen molar-refractivity contribution in [2.24, 2.45) is 0 Å². The van der Waals surface area contributed by atoms with Crippen molar-refractivity contribution in [3.8, 4) is 12.1 Å². The Kier molecular flexibility index (Phi) is 5.51. The standard InChI is InChI=1S/C17H20N4/c1-2-20-7-9-21(10-8-20)14-17-6-4-3-5-16(17)11-15(12-18)13-19/h3-6,11H,2,7-10,14H2,1H3. The summed E-state index contributed by atoms with van der Waals surface area (Å²) in [6, 6.07) is 11.8. The molecule has 1 fully saturated rings. The summed E-state index contributed by atoms with van der Waals surface area (Å²) in [5.74, 6) is 0. The van der Waals surface area contributed by atoms with Gasteiger partial charge < -0.3 is 4.90 Å². The van der Waals surface area contributed by atoms with E-state index >= 15 is 0 Å². The van der Waals surface area contributed by atoms with Crippen LogP contribution in [0.4, 0.5) is 0 Å². The summed E-state index contributed by atoms with van der Waals surface area (Å²) in [4.78, 5) is 4.88. The molecule has 0 atom stereocenters.